The summed E-state index contributed by atoms with van der Waals surface area (Å²) in [5.41, 5.74) is 6.34. The highest BCUT2D eigenvalue weighted by molar-refractivity contribution is 6.06. The van der Waals surface area contributed by atoms with Gasteiger partial charge in [0.25, 0.3) is 5.91 Å². The number of ether oxygens (including phenoxy) is 1. The number of nitrogens with one attached hydrogen (secondary N) is 1. The lowest BCUT2D eigenvalue weighted by molar-refractivity contribution is -0.125. The van der Waals surface area contributed by atoms with Crippen LogP contribution in [0.25, 0.3) is 0 Å². The molecule has 2 aromatic rings. The van der Waals surface area contributed by atoms with E-state index in [1.165, 1.54) is 4.90 Å². The minimum atomic E-state index is -0.750. The molecule has 3 rings (SSSR count). The third-order valence-corrected chi connectivity index (χ3v) is 3.52. The zero-order valence-corrected chi connectivity index (χ0v) is 12.5. The summed E-state index contributed by atoms with van der Waals surface area (Å²) in [5.74, 6) is 0.283. The largest absolute Gasteiger partial charge is 0.480 e. The van der Waals surface area contributed by atoms with Gasteiger partial charge in [-0.3, -0.25) is 14.5 Å². The van der Waals surface area contributed by atoms with Crippen LogP contribution in [0.4, 0.5) is 17.3 Å². The van der Waals surface area contributed by atoms with Crippen LogP contribution < -0.4 is 20.7 Å². The summed E-state index contributed by atoms with van der Waals surface area (Å²) in [5, 5.41) is 2.77. The number of benzene rings is 1. The molecular formula is C16H16N4O3. The predicted molar refractivity (Wildman–Crippen MR) is 86.2 cm³/mol. The summed E-state index contributed by atoms with van der Waals surface area (Å²) in [7, 11) is 0. The zero-order chi connectivity index (χ0) is 16.4. The number of anilines is 3. The van der Waals surface area contributed by atoms with E-state index in [2.05, 4.69) is 10.3 Å². The van der Waals surface area contributed by atoms with E-state index >= 15 is 0 Å². The smallest absolute Gasteiger partial charge is 0.266 e. The molecule has 3 N–H and O–H groups in total. The van der Waals surface area contributed by atoms with Crippen molar-refractivity contribution in [3.05, 3.63) is 42.5 Å². The molecule has 0 fully saturated rings. The van der Waals surface area contributed by atoms with Gasteiger partial charge in [-0.05, 0) is 31.2 Å². The van der Waals surface area contributed by atoms with Crippen LogP contribution in [0, 0.1) is 0 Å². The fraction of sp³-hybridized carbons (Fsp3) is 0.188. The predicted octanol–water partition coefficient (Wildman–Crippen LogP) is 1.42. The number of nitrogen functional groups attached to an aromatic ring is 1. The zero-order valence-electron chi connectivity index (χ0n) is 12.5. The molecule has 1 aromatic heterocycles. The van der Waals surface area contributed by atoms with Crippen LogP contribution >= 0.6 is 0 Å². The summed E-state index contributed by atoms with van der Waals surface area (Å²) in [6, 6.07) is 11.5. The number of hydrogen-bond donors (Lipinski definition) is 2. The molecular weight excluding hydrogens is 296 g/mol. The van der Waals surface area contributed by atoms with Gasteiger partial charge in [-0.15, -0.1) is 0 Å². The number of nitrogens with two attached hydrogens (primary N) is 1. The molecule has 23 heavy (non-hydrogen) atoms. The molecule has 0 saturated carbocycles. The molecule has 1 unspecified atom stereocenters. The first-order valence-corrected chi connectivity index (χ1v) is 7.13. The van der Waals surface area contributed by atoms with Crippen molar-refractivity contribution < 1.29 is 14.3 Å². The Morgan fingerprint density at radius 1 is 1.30 bits per heavy atom. The summed E-state index contributed by atoms with van der Waals surface area (Å²) in [6.45, 7) is 1.50. The first-order chi connectivity index (χ1) is 11.1. The summed E-state index contributed by atoms with van der Waals surface area (Å²) >= 11 is 0. The maximum atomic E-state index is 12.4. The lowest BCUT2D eigenvalue weighted by Crippen LogP contribution is -2.50. The van der Waals surface area contributed by atoms with Gasteiger partial charge in [0, 0.05) is 5.69 Å². The molecule has 2 amide bonds. The molecule has 1 aliphatic rings. The van der Waals surface area contributed by atoms with Gasteiger partial charge in [0.1, 0.15) is 11.9 Å². The number of fused-ring (bicyclic) bond motifs is 1. The second-order valence-electron chi connectivity index (χ2n) is 5.14. The molecule has 118 valence electrons. The van der Waals surface area contributed by atoms with E-state index in [-0.39, 0.29) is 30.1 Å². The molecule has 1 aromatic carbocycles. The minimum absolute atomic E-state index is 0.137. The average molecular weight is 312 g/mol. The van der Waals surface area contributed by atoms with Crippen molar-refractivity contribution in [2.24, 2.45) is 0 Å². The van der Waals surface area contributed by atoms with Crippen molar-refractivity contribution in [3.63, 3.8) is 0 Å². The molecule has 0 bridgehead atoms. The third kappa shape index (κ3) is 2.94. The highest BCUT2D eigenvalue weighted by Gasteiger charge is 2.34. The Balaban J connectivity index is 1.87. The van der Waals surface area contributed by atoms with Crippen molar-refractivity contribution >= 4 is 29.1 Å². The second kappa shape index (κ2) is 5.96. The molecule has 0 aliphatic carbocycles. The number of carbonyl (C=O) groups excluding carboxylic acids is 2. The van der Waals surface area contributed by atoms with Crippen LogP contribution in [-0.2, 0) is 9.59 Å². The van der Waals surface area contributed by atoms with Crippen LogP contribution in [0.3, 0.4) is 0 Å². The maximum Gasteiger partial charge on any atom is 0.266 e. The van der Waals surface area contributed by atoms with Crippen LogP contribution in [0.2, 0.25) is 0 Å². The highest BCUT2D eigenvalue weighted by atomic mass is 16.5. The Bertz CT molecular complexity index is 748. The fourth-order valence-corrected chi connectivity index (χ4v) is 2.35. The second-order valence-corrected chi connectivity index (χ2v) is 5.14. The fourth-order valence-electron chi connectivity index (χ4n) is 2.35. The normalized spacial score (nSPS) is 14.7. The Labute approximate surface area is 133 Å². The first-order valence-electron chi connectivity index (χ1n) is 7.13. The molecule has 7 heteroatoms. The van der Waals surface area contributed by atoms with E-state index in [9.17, 15) is 9.59 Å². The van der Waals surface area contributed by atoms with Gasteiger partial charge >= 0.3 is 0 Å². The first kappa shape index (κ1) is 14.8. The number of rotatable bonds is 3. The van der Waals surface area contributed by atoms with Gasteiger partial charge in [0.15, 0.2) is 18.2 Å². The number of amides is 2. The lowest BCUT2D eigenvalue weighted by atomic mass is 10.2. The Hall–Kier alpha value is -3.09. The quantitative estimate of drug-likeness (QED) is 0.893. The van der Waals surface area contributed by atoms with E-state index in [1.807, 2.05) is 18.2 Å². The van der Waals surface area contributed by atoms with Gasteiger partial charge in [0.2, 0.25) is 5.91 Å². The molecule has 0 radical (unpaired) electrons. The summed E-state index contributed by atoms with van der Waals surface area (Å²) < 4.78 is 5.33. The number of carbonyl (C=O) groups is 2. The number of pyridine rings is 1. The Morgan fingerprint density at radius 3 is 2.78 bits per heavy atom. The number of aromatic nitrogens is 1. The molecule has 1 atom stereocenters. The molecule has 2 heterocycles. The van der Waals surface area contributed by atoms with E-state index < -0.39 is 6.04 Å². The van der Waals surface area contributed by atoms with Gasteiger partial charge < -0.3 is 15.8 Å². The van der Waals surface area contributed by atoms with Crippen molar-refractivity contribution in [2.45, 2.75) is 13.0 Å². The van der Waals surface area contributed by atoms with Gasteiger partial charge in [-0.25, -0.2) is 4.98 Å². The van der Waals surface area contributed by atoms with Gasteiger partial charge in [-0.1, -0.05) is 18.2 Å². The minimum Gasteiger partial charge on any atom is -0.480 e. The molecule has 0 saturated heterocycles. The highest BCUT2D eigenvalue weighted by Crippen LogP contribution is 2.32. The van der Waals surface area contributed by atoms with Crippen molar-refractivity contribution in [1.82, 2.24) is 4.98 Å². The van der Waals surface area contributed by atoms with Crippen LogP contribution in [0.15, 0.2) is 42.5 Å². The van der Waals surface area contributed by atoms with Gasteiger partial charge in [0.05, 0.1) is 0 Å². The maximum absolute atomic E-state index is 12.4. The van der Waals surface area contributed by atoms with E-state index in [0.29, 0.717) is 11.4 Å². The van der Waals surface area contributed by atoms with E-state index in [0.717, 1.165) is 0 Å². The topological polar surface area (TPSA) is 97.5 Å². The van der Waals surface area contributed by atoms with E-state index in [1.54, 1.807) is 31.2 Å². The Morgan fingerprint density at radius 2 is 2.04 bits per heavy atom. The van der Waals surface area contributed by atoms with E-state index in [4.69, 9.17) is 10.5 Å². The van der Waals surface area contributed by atoms with Crippen molar-refractivity contribution in [1.29, 1.82) is 0 Å². The number of nitrogens with zero attached hydrogens (tertiary/aromatic N) is 2. The van der Waals surface area contributed by atoms with Crippen LogP contribution in [0.5, 0.6) is 5.75 Å². The third-order valence-electron chi connectivity index (χ3n) is 3.52. The number of hydrogen-bond acceptors (Lipinski definition) is 5. The van der Waals surface area contributed by atoms with Crippen LogP contribution in [0.1, 0.15) is 6.92 Å². The summed E-state index contributed by atoms with van der Waals surface area (Å²) in [6.07, 6.45) is 0. The van der Waals surface area contributed by atoms with Gasteiger partial charge in [-0.2, -0.15) is 0 Å². The summed E-state index contributed by atoms with van der Waals surface area (Å²) in [4.78, 5) is 30.1. The SMILES string of the molecule is CC(C(=O)Nc1ccccc1)N1C(=O)COc2ccc(N)nc21. The van der Waals surface area contributed by atoms with Crippen molar-refractivity contribution in [2.75, 3.05) is 22.6 Å². The lowest BCUT2D eigenvalue weighted by Gasteiger charge is -2.32. The number of para-hydroxylation sites is 1. The molecule has 1 aliphatic heterocycles. The van der Waals surface area contributed by atoms with Crippen LogP contribution in [-0.4, -0.2) is 29.4 Å². The average Bonchev–Trinajstić information content (AvgIpc) is 2.55. The monoisotopic (exact) mass is 312 g/mol. The Kier molecular flexibility index (Phi) is 3.84. The standard InChI is InChI=1S/C16H16N4O3/c1-10(16(22)18-11-5-3-2-4-6-11)20-14(21)9-23-12-7-8-13(17)19-15(12)20/h2-8,10H,9H2,1H3,(H2,17,19)(H,18,22). The van der Waals surface area contributed by atoms with Crippen molar-refractivity contribution in [3.8, 4) is 5.75 Å². The molecule has 0 spiro atoms. The molecule has 7 nitrogen and oxygen atoms in total.